The highest BCUT2D eigenvalue weighted by Gasteiger charge is 2.20. The fourth-order valence-electron chi connectivity index (χ4n) is 8.66. The summed E-state index contributed by atoms with van der Waals surface area (Å²) in [6.07, 6.45) is 0. The van der Waals surface area contributed by atoms with Gasteiger partial charge in [0.2, 0.25) is 0 Å². The van der Waals surface area contributed by atoms with Crippen molar-refractivity contribution in [3.05, 3.63) is 194 Å². The van der Waals surface area contributed by atoms with Crippen LogP contribution in [0.3, 0.4) is 0 Å². The number of pyridine rings is 1. The van der Waals surface area contributed by atoms with Gasteiger partial charge in [-0.25, -0.2) is 19.9 Å². The Kier molecular flexibility index (Phi) is 7.47. The fraction of sp³-hybridized carbons (Fsp3) is 0. The maximum atomic E-state index is 6.63. The molecule has 0 bridgehead atoms. The van der Waals surface area contributed by atoms with E-state index in [0.717, 1.165) is 71.9 Å². The lowest BCUT2D eigenvalue weighted by molar-refractivity contribution is 0.669. The van der Waals surface area contributed by atoms with Gasteiger partial charge in [-0.1, -0.05) is 176 Å². The number of fused-ring (bicyclic) bond motifs is 11. The molecule has 0 N–H and O–H groups in total. The molecule has 0 atom stereocenters. The van der Waals surface area contributed by atoms with E-state index in [-0.39, 0.29) is 0 Å². The molecule has 0 aliphatic carbocycles. The van der Waals surface area contributed by atoms with Crippen LogP contribution in [-0.4, -0.2) is 19.9 Å². The first-order chi connectivity index (χ1) is 29.2. The molecule has 3 aromatic heterocycles. The molecule has 274 valence electrons. The summed E-state index contributed by atoms with van der Waals surface area (Å²) >= 11 is 0. The summed E-state index contributed by atoms with van der Waals surface area (Å²) in [5.74, 6) is 1.86. The molecule has 5 nitrogen and oxygen atoms in total. The molecule has 0 saturated heterocycles. The van der Waals surface area contributed by atoms with Crippen molar-refractivity contribution in [1.82, 2.24) is 19.9 Å². The van der Waals surface area contributed by atoms with Crippen LogP contribution < -0.4 is 0 Å². The Morgan fingerprint density at radius 2 is 0.712 bits per heavy atom. The van der Waals surface area contributed by atoms with Crippen molar-refractivity contribution >= 4 is 65.2 Å². The molecule has 59 heavy (non-hydrogen) atoms. The molecular weight excluding hydrogens is 721 g/mol. The lowest BCUT2D eigenvalue weighted by atomic mass is 9.92. The first-order valence-electron chi connectivity index (χ1n) is 19.8. The van der Waals surface area contributed by atoms with Crippen molar-refractivity contribution in [2.24, 2.45) is 0 Å². The van der Waals surface area contributed by atoms with Crippen LogP contribution in [0.15, 0.2) is 199 Å². The van der Waals surface area contributed by atoms with Crippen LogP contribution in [0.1, 0.15) is 0 Å². The number of para-hydroxylation sites is 1. The minimum Gasteiger partial charge on any atom is -0.454 e. The zero-order chi connectivity index (χ0) is 38.9. The molecule has 12 rings (SSSR count). The first kappa shape index (κ1) is 33.2. The van der Waals surface area contributed by atoms with Crippen molar-refractivity contribution in [3.8, 4) is 56.5 Å². The fourth-order valence-corrected chi connectivity index (χ4v) is 8.66. The van der Waals surface area contributed by atoms with Gasteiger partial charge in [-0.15, -0.1) is 0 Å². The van der Waals surface area contributed by atoms with Crippen molar-refractivity contribution in [2.45, 2.75) is 0 Å². The van der Waals surface area contributed by atoms with E-state index in [2.05, 4.69) is 121 Å². The van der Waals surface area contributed by atoms with Gasteiger partial charge in [0.1, 0.15) is 11.3 Å². The summed E-state index contributed by atoms with van der Waals surface area (Å²) in [5, 5.41) is 10.7. The predicted molar refractivity (Wildman–Crippen MR) is 242 cm³/mol. The van der Waals surface area contributed by atoms with Gasteiger partial charge in [0.25, 0.3) is 0 Å². The van der Waals surface area contributed by atoms with Crippen molar-refractivity contribution in [3.63, 3.8) is 0 Å². The Morgan fingerprint density at radius 1 is 0.288 bits per heavy atom. The third-order valence-electron chi connectivity index (χ3n) is 11.5. The van der Waals surface area contributed by atoms with Crippen LogP contribution >= 0.6 is 0 Å². The van der Waals surface area contributed by atoms with Gasteiger partial charge in [-0.05, 0) is 61.6 Å². The highest BCUT2D eigenvalue weighted by Crippen LogP contribution is 2.42. The van der Waals surface area contributed by atoms with Gasteiger partial charge >= 0.3 is 0 Å². The Hall–Kier alpha value is -8.02. The van der Waals surface area contributed by atoms with Crippen LogP contribution in [0.4, 0.5) is 0 Å². The molecule has 0 saturated carbocycles. The van der Waals surface area contributed by atoms with Crippen molar-refractivity contribution in [2.75, 3.05) is 0 Å². The van der Waals surface area contributed by atoms with E-state index in [1.807, 2.05) is 72.8 Å². The van der Waals surface area contributed by atoms with E-state index < -0.39 is 0 Å². The van der Waals surface area contributed by atoms with Gasteiger partial charge in [-0.3, -0.25) is 0 Å². The number of hydrogen-bond acceptors (Lipinski definition) is 5. The molecular formula is C54H32N4O. The highest BCUT2D eigenvalue weighted by molar-refractivity contribution is 6.26. The summed E-state index contributed by atoms with van der Waals surface area (Å²) in [4.78, 5) is 20.2. The van der Waals surface area contributed by atoms with Crippen LogP contribution in [0, 0.1) is 0 Å². The second-order valence-electron chi connectivity index (χ2n) is 15.0. The molecule has 0 fully saturated rings. The monoisotopic (exact) mass is 752 g/mol. The lowest BCUT2D eigenvalue weighted by Crippen LogP contribution is -2.00. The minimum atomic E-state index is 0.602. The smallest absolute Gasteiger partial charge is 0.164 e. The zero-order valence-corrected chi connectivity index (χ0v) is 31.7. The second-order valence-corrected chi connectivity index (χ2v) is 15.0. The summed E-state index contributed by atoms with van der Waals surface area (Å²) < 4.78 is 6.63. The highest BCUT2D eigenvalue weighted by atomic mass is 16.3. The van der Waals surface area contributed by atoms with E-state index in [4.69, 9.17) is 24.4 Å². The van der Waals surface area contributed by atoms with E-state index in [0.29, 0.717) is 17.5 Å². The first-order valence-corrected chi connectivity index (χ1v) is 19.8. The predicted octanol–water partition coefficient (Wildman–Crippen LogP) is 14.1. The van der Waals surface area contributed by atoms with E-state index >= 15 is 0 Å². The molecule has 0 spiro atoms. The maximum absolute atomic E-state index is 6.63. The van der Waals surface area contributed by atoms with Gasteiger partial charge < -0.3 is 4.42 Å². The largest absolute Gasteiger partial charge is 0.454 e. The number of benzene rings is 9. The van der Waals surface area contributed by atoms with Crippen LogP contribution in [0.2, 0.25) is 0 Å². The number of furan rings is 1. The molecule has 0 aliphatic rings. The van der Waals surface area contributed by atoms with E-state index in [1.54, 1.807) is 0 Å². The molecule has 3 heterocycles. The van der Waals surface area contributed by atoms with E-state index in [1.165, 1.54) is 32.3 Å². The minimum absolute atomic E-state index is 0.602. The van der Waals surface area contributed by atoms with Gasteiger partial charge in [0.15, 0.2) is 23.1 Å². The molecule has 0 unspecified atom stereocenters. The summed E-state index contributed by atoms with van der Waals surface area (Å²) in [6, 6.07) is 67.5. The number of nitrogens with zero attached hydrogens (tertiary/aromatic N) is 4. The molecule has 0 radical (unpaired) electrons. The molecule has 5 heteroatoms. The number of rotatable bonds is 5. The number of hydrogen-bond donors (Lipinski definition) is 0. The van der Waals surface area contributed by atoms with Crippen LogP contribution in [0.5, 0.6) is 0 Å². The zero-order valence-electron chi connectivity index (χ0n) is 31.7. The van der Waals surface area contributed by atoms with E-state index in [9.17, 15) is 0 Å². The van der Waals surface area contributed by atoms with Crippen LogP contribution in [0.25, 0.3) is 122 Å². The Bertz CT molecular complexity index is 3500. The second kappa shape index (κ2) is 13.3. The SMILES string of the molecule is c1ccc(-c2nc(-c3ccccc3)nc(-c3ccc(-c4nc5cc(-c6ccc7c8ccccc8c8ccccc8c7c6)ccc5c5c4oc4ccccc45)cc3)n2)cc1. The normalized spacial score (nSPS) is 11.7. The molecule has 12 aromatic rings. The Morgan fingerprint density at radius 3 is 1.31 bits per heavy atom. The van der Waals surface area contributed by atoms with Crippen LogP contribution in [-0.2, 0) is 0 Å². The maximum Gasteiger partial charge on any atom is 0.164 e. The molecule has 0 amide bonds. The Labute approximate surface area is 338 Å². The standard InChI is InChI=1S/C54H32N4O/c1-3-13-34(14-4-1)52-56-53(35-15-5-2-6-16-35)58-54(57-52)36-25-23-33(24-26-36)50-51-49(45-21-11-12-22-48(45)59-51)44-30-28-38(32-47(44)55-50)37-27-29-43-41-19-8-7-17-39(41)40-18-9-10-20-42(40)46(43)31-37/h1-32H. The summed E-state index contributed by atoms with van der Waals surface area (Å²) in [6.45, 7) is 0. The summed E-state index contributed by atoms with van der Waals surface area (Å²) in [7, 11) is 0. The quantitative estimate of drug-likeness (QED) is 0.164. The average molecular weight is 753 g/mol. The third-order valence-corrected chi connectivity index (χ3v) is 11.5. The lowest BCUT2D eigenvalue weighted by Gasteiger charge is -2.13. The molecule has 0 aliphatic heterocycles. The van der Waals surface area contributed by atoms with Gasteiger partial charge in [0, 0.05) is 38.4 Å². The molecule has 9 aromatic carbocycles. The third kappa shape index (κ3) is 5.47. The number of aromatic nitrogens is 4. The van der Waals surface area contributed by atoms with Crippen molar-refractivity contribution < 1.29 is 4.42 Å². The topological polar surface area (TPSA) is 64.7 Å². The Balaban J connectivity index is 1.01. The summed E-state index contributed by atoms with van der Waals surface area (Å²) in [5.41, 5.74) is 9.23. The van der Waals surface area contributed by atoms with Gasteiger partial charge in [0.05, 0.1) is 5.52 Å². The van der Waals surface area contributed by atoms with Gasteiger partial charge in [-0.2, -0.15) is 0 Å². The average Bonchev–Trinajstić information content (AvgIpc) is 3.72. The van der Waals surface area contributed by atoms with Crippen molar-refractivity contribution in [1.29, 1.82) is 0 Å².